The topological polar surface area (TPSA) is 42.8 Å². The first-order valence-electron chi connectivity index (χ1n) is 7.80. The molecule has 0 heterocycles. The molecule has 0 spiro atoms. The van der Waals surface area contributed by atoms with Crippen LogP contribution in [0.15, 0.2) is 42.5 Å². The molecular weight excluding hydrogens is 288 g/mol. The molecule has 0 fully saturated rings. The Balaban J connectivity index is 1.91. The Kier molecular flexibility index (Phi) is 5.77. The molecule has 0 aliphatic rings. The van der Waals surface area contributed by atoms with Gasteiger partial charge in [0.1, 0.15) is 12.3 Å². The predicted molar refractivity (Wildman–Crippen MR) is 93.0 cm³/mol. The van der Waals surface area contributed by atoms with Crippen molar-refractivity contribution in [1.29, 1.82) is 0 Å². The monoisotopic (exact) mass is 313 g/mol. The lowest BCUT2D eigenvalue weighted by atomic mass is 10.1. The fourth-order valence-electron chi connectivity index (χ4n) is 2.62. The minimum Gasteiger partial charge on any atom is -0.497 e. The van der Waals surface area contributed by atoms with Crippen LogP contribution in [0.4, 0.5) is 5.69 Å². The first kappa shape index (κ1) is 17.0. The lowest BCUT2D eigenvalue weighted by molar-refractivity contribution is -0.885. The zero-order valence-corrected chi connectivity index (χ0v) is 14.3. The van der Waals surface area contributed by atoms with Crippen LogP contribution in [0.3, 0.4) is 0 Å². The van der Waals surface area contributed by atoms with E-state index in [4.69, 9.17) is 4.74 Å². The van der Waals surface area contributed by atoms with Gasteiger partial charge in [-0.3, -0.25) is 4.79 Å². The fraction of sp³-hybridized carbons (Fsp3) is 0.316. The molecule has 0 aliphatic carbocycles. The smallest absolute Gasteiger partial charge is 0.279 e. The largest absolute Gasteiger partial charge is 0.497 e. The fourth-order valence-corrected chi connectivity index (χ4v) is 2.62. The highest BCUT2D eigenvalue weighted by Gasteiger charge is 2.13. The van der Waals surface area contributed by atoms with E-state index in [-0.39, 0.29) is 5.91 Å². The van der Waals surface area contributed by atoms with Gasteiger partial charge in [-0.05, 0) is 49.2 Å². The zero-order chi connectivity index (χ0) is 16.8. The molecule has 23 heavy (non-hydrogen) atoms. The summed E-state index contributed by atoms with van der Waals surface area (Å²) in [5.74, 6) is 0.882. The van der Waals surface area contributed by atoms with Gasteiger partial charge in [0.15, 0.2) is 6.54 Å². The number of rotatable bonds is 6. The van der Waals surface area contributed by atoms with Crippen molar-refractivity contribution < 1.29 is 14.4 Å². The van der Waals surface area contributed by atoms with Gasteiger partial charge < -0.3 is 15.0 Å². The second-order valence-electron chi connectivity index (χ2n) is 5.97. The summed E-state index contributed by atoms with van der Waals surface area (Å²) < 4.78 is 5.16. The van der Waals surface area contributed by atoms with E-state index in [0.29, 0.717) is 6.54 Å². The Labute approximate surface area is 138 Å². The number of ether oxygens (including phenoxy) is 1. The Hall–Kier alpha value is -2.33. The number of carbonyl (C=O) groups is 1. The Bertz CT molecular complexity index is 645. The molecule has 1 amide bonds. The highest BCUT2D eigenvalue weighted by molar-refractivity contribution is 5.93. The second-order valence-corrected chi connectivity index (χ2v) is 5.97. The number of carbonyl (C=O) groups excluding carboxylic acids is 1. The number of hydrogen-bond acceptors (Lipinski definition) is 2. The third kappa shape index (κ3) is 4.83. The van der Waals surface area contributed by atoms with Gasteiger partial charge in [0, 0.05) is 11.3 Å². The van der Waals surface area contributed by atoms with Crippen LogP contribution < -0.4 is 15.0 Å². The summed E-state index contributed by atoms with van der Waals surface area (Å²) in [6.45, 7) is 5.25. The Morgan fingerprint density at radius 3 is 2.26 bits per heavy atom. The van der Waals surface area contributed by atoms with Gasteiger partial charge in [0.2, 0.25) is 0 Å². The van der Waals surface area contributed by atoms with Gasteiger partial charge >= 0.3 is 0 Å². The van der Waals surface area contributed by atoms with Crippen LogP contribution in [0.5, 0.6) is 5.75 Å². The van der Waals surface area contributed by atoms with Crippen molar-refractivity contribution in [2.24, 2.45) is 0 Å². The Morgan fingerprint density at radius 1 is 1.09 bits per heavy atom. The summed E-state index contributed by atoms with van der Waals surface area (Å²) in [5.41, 5.74) is 4.29. The van der Waals surface area contributed by atoms with E-state index in [1.165, 1.54) is 5.56 Å². The van der Waals surface area contributed by atoms with Crippen LogP contribution in [0.1, 0.15) is 16.7 Å². The molecule has 0 saturated heterocycles. The van der Waals surface area contributed by atoms with Crippen LogP contribution in [0.25, 0.3) is 0 Å². The van der Waals surface area contributed by atoms with Gasteiger partial charge in [0.05, 0.1) is 14.2 Å². The number of likely N-dealkylation sites (N-methyl/N-ethyl adjacent to an activating group) is 1. The highest BCUT2D eigenvalue weighted by atomic mass is 16.5. The predicted octanol–water partition coefficient (Wildman–Crippen LogP) is 1.97. The standard InChI is InChI=1S/C19H24N2O2/c1-14-6-5-7-15(2)19(14)20-18(22)13-21(3)12-16-8-10-17(23-4)11-9-16/h5-11H,12-13H2,1-4H3,(H,20,22)/p+1. The lowest BCUT2D eigenvalue weighted by Crippen LogP contribution is -3.08. The zero-order valence-electron chi connectivity index (χ0n) is 14.3. The molecule has 4 heteroatoms. The summed E-state index contributed by atoms with van der Waals surface area (Å²) in [6.07, 6.45) is 0. The van der Waals surface area contributed by atoms with Gasteiger partial charge in [-0.25, -0.2) is 0 Å². The van der Waals surface area contributed by atoms with Crippen LogP contribution in [-0.2, 0) is 11.3 Å². The average molecular weight is 313 g/mol. The molecule has 1 unspecified atom stereocenters. The molecule has 2 rings (SSSR count). The lowest BCUT2D eigenvalue weighted by Gasteiger charge is -2.16. The first-order valence-corrected chi connectivity index (χ1v) is 7.80. The molecule has 2 aromatic carbocycles. The van der Waals surface area contributed by atoms with Gasteiger partial charge in [0.25, 0.3) is 5.91 Å². The van der Waals surface area contributed by atoms with Crippen LogP contribution >= 0.6 is 0 Å². The van der Waals surface area contributed by atoms with E-state index in [0.717, 1.165) is 34.0 Å². The molecule has 2 N–H and O–H groups in total. The summed E-state index contributed by atoms with van der Waals surface area (Å²) in [7, 11) is 3.68. The van der Waals surface area contributed by atoms with Gasteiger partial charge in [-0.2, -0.15) is 0 Å². The molecule has 0 saturated carbocycles. The van der Waals surface area contributed by atoms with E-state index < -0.39 is 0 Å². The second kappa shape index (κ2) is 7.79. The maximum atomic E-state index is 12.3. The first-order chi connectivity index (χ1) is 11.0. The van der Waals surface area contributed by atoms with Crippen LogP contribution in [0.2, 0.25) is 0 Å². The quantitative estimate of drug-likeness (QED) is 0.856. The molecule has 0 aromatic heterocycles. The molecule has 2 aromatic rings. The number of methoxy groups -OCH3 is 1. The number of anilines is 1. The number of benzene rings is 2. The van der Waals surface area contributed by atoms with Crippen molar-refractivity contribution in [3.63, 3.8) is 0 Å². The molecule has 122 valence electrons. The summed E-state index contributed by atoms with van der Waals surface area (Å²) in [4.78, 5) is 13.4. The molecule has 0 radical (unpaired) electrons. The van der Waals surface area contributed by atoms with E-state index >= 15 is 0 Å². The van der Waals surface area contributed by atoms with Crippen molar-refractivity contribution in [3.8, 4) is 5.75 Å². The van der Waals surface area contributed by atoms with Crippen molar-refractivity contribution in [2.75, 3.05) is 26.0 Å². The number of aryl methyl sites for hydroxylation is 2. The maximum Gasteiger partial charge on any atom is 0.279 e. The molecular formula is C19H25N2O2+. The summed E-state index contributed by atoms with van der Waals surface area (Å²) in [5, 5.41) is 3.03. The van der Waals surface area contributed by atoms with Gasteiger partial charge in [-0.1, -0.05) is 18.2 Å². The summed E-state index contributed by atoms with van der Waals surface area (Å²) >= 11 is 0. The third-order valence-corrected chi connectivity index (χ3v) is 3.87. The highest BCUT2D eigenvalue weighted by Crippen LogP contribution is 2.18. The number of amides is 1. The molecule has 4 nitrogen and oxygen atoms in total. The molecule has 1 atom stereocenters. The number of quaternary nitrogens is 1. The average Bonchev–Trinajstić information content (AvgIpc) is 2.51. The number of nitrogens with one attached hydrogen (secondary N) is 2. The van der Waals surface area contributed by atoms with Crippen molar-refractivity contribution in [2.45, 2.75) is 20.4 Å². The van der Waals surface area contributed by atoms with E-state index in [1.54, 1.807) is 7.11 Å². The third-order valence-electron chi connectivity index (χ3n) is 3.87. The van der Waals surface area contributed by atoms with Crippen LogP contribution in [-0.4, -0.2) is 26.6 Å². The SMILES string of the molecule is COc1ccc(C[NH+](C)CC(=O)Nc2c(C)cccc2C)cc1. The van der Waals surface area contributed by atoms with E-state index in [2.05, 4.69) is 5.32 Å². The summed E-state index contributed by atoms with van der Waals surface area (Å²) in [6, 6.07) is 14.0. The molecule has 0 aliphatic heterocycles. The minimum absolute atomic E-state index is 0.0356. The van der Waals surface area contributed by atoms with Gasteiger partial charge in [-0.15, -0.1) is 0 Å². The van der Waals surface area contributed by atoms with Crippen LogP contribution in [0, 0.1) is 13.8 Å². The van der Waals surface area contributed by atoms with Crippen molar-refractivity contribution in [1.82, 2.24) is 0 Å². The number of para-hydroxylation sites is 1. The van der Waals surface area contributed by atoms with Crippen molar-refractivity contribution in [3.05, 3.63) is 59.2 Å². The normalized spacial score (nSPS) is 11.8. The van der Waals surface area contributed by atoms with E-state index in [1.807, 2.05) is 63.4 Å². The molecule has 0 bridgehead atoms. The maximum absolute atomic E-state index is 12.3. The minimum atomic E-state index is 0.0356. The van der Waals surface area contributed by atoms with Crippen molar-refractivity contribution >= 4 is 11.6 Å². The van der Waals surface area contributed by atoms with E-state index in [9.17, 15) is 4.79 Å². The Morgan fingerprint density at radius 2 is 1.70 bits per heavy atom. The number of hydrogen-bond donors (Lipinski definition) is 2.